The second kappa shape index (κ2) is 5.46. The van der Waals surface area contributed by atoms with Crippen LogP contribution >= 0.6 is 22.9 Å². The van der Waals surface area contributed by atoms with Crippen molar-refractivity contribution in [3.63, 3.8) is 0 Å². The number of rotatable bonds is 4. The summed E-state index contributed by atoms with van der Waals surface area (Å²) in [4.78, 5) is 4.46. The molecule has 1 aromatic carbocycles. The molecule has 84 valence electrons. The van der Waals surface area contributed by atoms with Crippen LogP contribution in [0.3, 0.4) is 0 Å². The van der Waals surface area contributed by atoms with Gasteiger partial charge in [0.2, 0.25) is 0 Å². The second-order valence-corrected chi connectivity index (χ2v) is 5.14. The van der Waals surface area contributed by atoms with E-state index >= 15 is 0 Å². The van der Waals surface area contributed by atoms with Gasteiger partial charge in [0, 0.05) is 11.3 Å². The Labute approximate surface area is 105 Å². The van der Waals surface area contributed by atoms with Crippen molar-refractivity contribution in [1.82, 2.24) is 4.98 Å². The van der Waals surface area contributed by atoms with Crippen molar-refractivity contribution in [1.29, 1.82) is 0 Å². The SMILES string of the molecule is Cc1nc(CCc2cccc(CCl)c2)cs1. The van der Waals surface area contributed by atoms with Gasteiger partial charge >= 0.3 is 0 Å². The molecule has 0 unspecified atom stereocenters. The fraction of sp³-hybridized carbons (Fsp3) is 0.308. The third-order valence-electron chi connectivity index (χ3n) is 2.48. The molecule has 2 rings (SSSR count). The van der Waals surface area contributed by atoms with Crippen molar-refractivity contribution in [2.75, 3.05) is 0 Å². The Morgan fingerprint density at radius 1 is 1.25 bits per heavy atom. The maximum atomic E-state index is 5.81. The first kappa shape index (κ1) is 11.6. The molecule has 3 heteroatoms. The van der Waals surface area contributed by atoms with Crippen molar-refractivity contribution >= 4 is 22.9 Å². The molecule has 0 radical (unpaired) electrons. The number of hydrogen-bond acceptors (Lipinski definition) is 2. The summed E-state index contributed by atoms with van der Waals surface area (Å²) in [5.41, 5.74) is 3.72. The predicted molar refractivity (Wildman–Crippen MR) is 70.3 cm³/mol. The normalized spacial score (nSPS) is 10.6. The molecule has 0 spiro atoms. The largest absolute Gasteiger partial charge is 0.247 e. The molecule has 0 aliphatic carbocycles. The summed E-state index contributed by atoms with van der Waals surface area (Å²) in [6.07, 6.45) is 2.05. The van der Waals surface area contributed by atoms with Gasteiger partial charge in [-0.2, -0.15) is 0 Å². The van der Waals surface area contributed by atoms with E-state index < -0.39 is 0 Å². The van der Waals surface area contributed by atoms with Gasteiger partial charge in [0.25, 0.3) is 0 Å². The Hall–Kier alpha value is -0.860. The van der Waals surface area contributed by atoms with Gasteiger partial charge in [-0.25, -0.2) is 4.98 Å². The molecule has 16 heavy (non-hydrogen) atoms. The lowest BCUT2D eigenvalue weighted by atomic mass is 10.1. The van der Waals surface area contributed by atoms with Gasteiger partial charge < -0.3 is 0 Å². The van der Waals surface area contributed by atoms with Gasteiger partial charge in [-0.15, -0.1) is 22.9 Å². The summed E-state index contributed by atoms with van der Waals surface area (Å²) in [5, 5.41) is 3.28. The monoisotopic (exact) mass is 251 g/mol. The van der Waals surface area contributed by atoms with Crippen LogP contribution in [0.5, 0.6) is 0 Å². The van der Waals surface area contributed by atoms with E-state index in [2.05, 4.69) is 34.6 Å². The fourth-order valence-corrected chi connectivity index (χ4v) is 2.48. The third kappa shape index (κ3) is 3.06. The third-order valence-corrected chi connectivity index (χ3v) is 3.61. The van der Waals surface area contributed by atoms with Crippen molar-refractivity contribution in [2.45, 2.75) is 25.6 Å². The minimum Gasteiger partial charge on any atom is -0.247 e. The molecule has 1 aromatic heterocycles. The smallest absolute Gasteiger partial charge is 0.0897 e. The van der Waals surface area contributed by atoms with Crippen LogP contribution in [0.15, 0.2) is 29.6 Å². The maximum absolute atomic E-state index is 5.81. The lowest BCUT2D eigenvalue weighted by Crippen LogP contribution is -1.92. The molecule has 0 saturated heterocycles. The van der Waals surface area contributed by atoms with Crippen LogP contribution in [0.1, 0.15) is 21.8 Å². The number of hydrogen-bond donors (Lipinski definition) is 0. The highest BCUT2D eigenvalue weighted by atomic mass is 35.5. The zero-order chi connectivity index (χ0) is 11.4. The molecule has 0 aliphatic heterocycles. The lowest BCUT2D eigenvalue weighted by Gasteiger charge is -2.01. The molecule has 0 bridgehead atoms. The van der Waals surface area contributed by atoms with E-state index in [1.807, 2.05) is 6.92 Å². The number of alkyl halides is 1. The summed E-state index contributed by atoms with van der Waals surface area (Å²) < 4.78 is 0. The van der Waals surface area contributed by atoms with E-state index in [4.69, 9.17) is 11.6 Å². The summed E-state index contributed by atoms with van der Waals surface area (Å²) in [7, 11) is 0. The van der Waals surface area contributed by atoms with Crippen molar-refractivity contribution < 1.29 is 0 Å². The van der Waals surface area contributed by atoms with E-state index in [1.54, 1.807) is 11.3 Å². The van der Waals surface area contributed by atoms with Gasteiger partial charge in [0.1, 0.15) is 0 Å². The summed E-state index contributed by atoms with van der Waals surface area (Å²) in [5.74, 6) is 0.587. The molecular formula is C13H14ClNS. The molecular weight excluding hydrogens is 238 g/mol. The predicted octanol–water partition coefficient (Wildman–Crippen LogP) is 3.98. The Bertz CT molecular complexity index is 464. The summed E-state index contributed by atoms with van der Waals surface area (Å²) >= 11 is 7.52. The number of benzene rings is 1. The average molecular weight is 252 g/mol. The minimum atomic E-state index is 0.587. The molecule has 2 aromatic rings. The van der Waals surface area contributed by atoms with Gasteiger partial charge in [0.05, 0.1) is 10.7 Å². The van der Waals surface area contributed by atoms with Crippen molar-refractivity contribution in [2.24, 2.45) is 0 Å². The first-order chi connectivity index (χ1) is 7.78. The van der Waals surface area contributed by atoms with Gasteiger partial charge in [-0.3, -0.25) is 0 Å². The highest BCUT2D eigenvalue weighted by molar-refractivity contribution is 7.09. The Morgan fingerprint density at radius 2 is 2.06 bits per heavy atom. The molecule has 0 fully saturated rings. The first-order valence-electron chi connectivity index (χ1n) is 5.33. The number of halogens is 1. The van der Waals surface area contributed by atoms with Crippen LogP contribution in [-0.4, -0.2) is 4.98 Å². The molecule has 0 amide bonds. The highest BCUT2D eigenvalue weighted by Gasteiger charge is 2.00. The van der Waals surface area contributed by atoms with Crippen molar-refractivity contribution in [3.05, 3.63) is 51.5 Å². The Balaban J connectivity index is 1.99. The maximum Gasteiger partial charge on any atom is 0.0897 e. The zero-order valence-corrected chi connectivity index (χ0v) is 10.8. The van der Waals surface area contributed by atoms with E-state index in [0.717, 1.165) is 17.8 Å². The minimum absolute atomic E-state index is 0.587. The van der Waals surface area contributed by atoms with E-state index in [9.17, 15) is 0 Å². The Morgan fingerprint density at radius 3 is 2.75 bits per heavy atom. The average Bonchev–Trinajstić information content (AvgIpc) is 2.73. The zero-order valence-electron chi connectivity index (χ0n) is 9.24. The fourth-order valence-electron chi connectivity index (χ4n) is 1.66. The molecule has 1 nitrogen and oxygen atoms in total. The molecule has 0 atom stereocenters. The number of nitrogens with zero attached hydrogens (tertiary/aromatic N) is 1. The van der Waals surface area contributed by atoms with Crippen LogP contribution in [0, 0.1) is 6.92 Å². The Kier molecular flexibility index (Phi) is 3.97. The van der Waals surface area contributed by atoms with Gasteiger partial charge in [0.15, 0.2) is 0 Å². The van der Waals surface area contributed by atoms with E-state index in [-0.39, 0.29) is 0 Å². The standard InChI is InChI=1S/C13H14ClNS/c1-10-15-13(9-16-10)6-5-11-3-2-4-12(7-11)8-14/h2-4,7,9H,5-6,8H2,1H3. The highest BCUT2D eigenvalue weighted by Crippen LogP contribution is 2.13. The van der Waals surface area contributed by atoms with Crippen LogP contribution in [-0.2, 0) is 18.7 Å². The van der Waals surface area contributed by atoms with Crippen LogP contribution < -0.4 is 0 Å². The number of thiazole rings is 1. The van der Waals surface area contributed by atoms with Crippen LogP contribution in [0.2, 0.25) is 0 Å². The number of aryl methyl sites for hydroxylation is 3. The first-order valence-corrected chi connectivity index (χ1v) is 6.74. The van der Waals surface area contributed by atoms with Crippen LogP contribution in [0.4, 0.5) is 0 Å². The summed E-state index contributed by atoms with van der Waals surface area (Å²) in [6, 6.07) is 8.45. The molecule has 1 heterocycles. The molecule has 0 saturated carbocycles. The van der Waals surface area contributed by atoms with E-state index in [0.29, 0.717) is 5.88 Å². The summed E-state index contributed by atoms with van der Waals surface area (Å²) in [6.45, 7) is 2.04. The quantitative estimate of drug-likeness (QED) is 0.750. The van der Waals surface area contributed by atoms with E-state index in [1.165, 1.54) is 16.8 Å². The topological polar surface area (TPSA) is 12.9 Å². The molecule has 0 aliphatic rings. The second-order valence-electron chi connectivity index (χ2n) is 3.81. The van der Waals surface area contributed by atoms with Gasteiger partial charge in [-0.1, -0.05) is 24.3 Å². The van der Waals surface area contributed by atoms with Crippen LogP contribution in [0.25, 0.3) is 0 Å². The lowest BCUT2D eigenvalue weighted by molar-refractivity contribution is 0.918. The van der Waals surface area contributed by atoms with Crippen molar-refractivity contribution in [3.8, 4) is 0 Å². The van der Waals surface area contributed by atoms with Gasteiger partial charge in [-0.05, 0) is 30.9 Å². The molecule has 0 N–H and O–H groups in total. The number of aromatic nitrogens is 1.